The molecule has 6 heteroatoms. The molecular weight excluding hydrogens is 297 g/mol. The number of nitrogen functional groups attached to an aromatic ring is 1. The van der Waals surface area contributed by atoms with Gasteiger partial charge < -0.3 is 15.2 Å². The van der Waals surface area contributed by atoms with Gasteiger partial charge in [0.25, 0.3) is 0 Å². The monoisotopic (exact) mass is 309 g/mol. The molecule has 2 aromatic rings. The van der Waals surface area contributed by atoms with Crippen molar-refractivity contribution in [2.75, 3.05) is 12.3 Å². The van der Waals surface area contributed by atoms with Crippen LogP contribution < -0.4 is 10.5 Å². The van der Waals surface area contributed by atoms with Crippen molar-refractivity contribution >= 4 is 23.3 Å². The number of ether oxygens (including phenoxy) is 2. The highest BCUT2D eigenvalue weighted by Gasteiger charge is 2.12. The Morgan fingerprint density at radius 1 is 1.24 bits per heavy atom. The zero-order chi connectivity index (χ0) is 15.4. The van der Waals surface area contributed by atoms with E-state index < -0.39 is 11.8 Å². The number of esters is 1. The number of anilines is 1. The first-order chi connectivity index (χ1) is 10.0. The van der Waals surface area contributed by atoms with Crippen LogP contribution >= 0.6 is 11.6 Å². The van der Waals surface area contributed by atoms with Gasteiger partial charge in [-0.25, -0.2) is 9.18 Å². The second-order valence-corrected chi connectivity index (χ2v) is 4.55. The summed E-state index contributed by atoms with van der Waals surface area (Å²) in [4.78, 5) is 11.7. The fourth-order valence-electron chi connectivity index (χ4n) is 1.66. The highest BCUT2D eigenvalue weighted by Crippen LogP contribution is 2.28. The summed E-state index contributed by atoms with van der Waals surface area (Å²) >= 11 is 5.68. The molecule has 0 aliphatic carbocycles. The van der Waals surface area contributed by atoms with E-state index in [1.807, 2.05) is 0 Å². The van der Waals surface area contributed by atoms with Crippen molar-refractivity contribution in [3.05, 3.63) is 52.8 Å². The normalized spacial score (nSPS) is 10.2. The summed E-state index contributed by atoms with van der Waals surface area (Å²) in [5.74, 6) is -0.345. The lowest BCUT2D eigenvalue weighted by Gasteiger charge is -2.10. The molecule has 4 nitrogen and oxygen atoms in total. The van der Waals surface area contributed by atoms with Gasteiger partial charge in [0.15, 0.2) is 0 Å². The Hall–Kier alpha value is -2.27. The van der Waals surface area contributed by atoms with Gasteiger partial charge in [-0.15, -0.1) is 0 Å². The lowest BCUT2D eigenvalue weighted by Crippen LogP contribution is -2.08. The molecule has 0 heterocycles. The number of benzene rings is 2. The summed E-state index contributed by atoms with van der Waals surface area (Å²) in [5.41, 5.74) is 6.23. The molecule has 2 aromatic carbocycles. The Morgan fingerprint density at radius 3 is 2.57 bits per heavy atom. The Balaban J connectivity index is 2.26. The summed E-state index contributed by atoms with van der Waals surface area (Å²) in [6.45, 7) is 1.95. The standard InChI is InChI=1S/C15H13ClFNO3/c1-2-20-15(19)11-7-9(4-6-14(11)18)21-10-3-5-13(17)12(16)8-10/h3-8H,2,18H2,1H3. The summed E-state index contributed by atoms with van der Waals surface area (Å²) in [7, 11) is 0. The van der Waals surface area contributed by atoms with Crippen molar-refractivity contribution < 1.29 is 18.7 Å². The number of hydrogen-bond acceptors (Lipinski definition) is 4. The summed E-state index contributed by atoms with van der Waals surface area (Å²) in [6, 6.07) is 8.56. The van der Waals surface area contributed by atoms with Gasteiger partial charge >= 0.3 is 5.97 Å². The number of halogens is 2. The highest BCUT2D eigenvalue weighted by atomic mass is 35.5. The van der Waals surface area contributed by atoms with Crippen LogP contribution in [0.1, 0.15) is 17.3 Å². The SMILES string of the molecule is CCOC(=O)c1cc(Oc2ccc(F)c(Cl)c2)ccc1N. The first-order valence-corrected chi connectivity index (χ1v) is 6.58. The summed E-state index contributed by atoms with van der Waals surface area (Å²) in [6.07, 6.45) is 0. The zero-order valence-electron chi connectivity index (χ0n) is 11.2. The smallest absolute Gasteiger partial charge is 0.340 e. The van der Waals surface area contributed by atoms with Gasteiger partial charge in [0.2, 0.25) is 0 Å². The Bertz CT molecular complexity index is 676. The predicted molar refractivity (Wildman–Crippen MR) is 78.3 cm³/mol. The third-order valence-electron chi connectivity index (χ3n) is 2.65. The average Bonchev–Trinajstić information content (AvgIpc) is 2.45. The van der Waals surface area contributed by atoms with Crippen molar-refractivity contribution in [2.24, 2.45) is 0 Å². The maximum absolute atomic E-state index is 13.1. The van der Waals surface area contributed by atoms with Crippen LogP contribution in [-0.4, -0.2) is 12.6 Å². The molecule has 0 aromatic heterocycles. The first-order valence-electron chi connectivity index (χ1n) is 6.20. The molecule has 2 rings (SSSR count). The largest absolute Gasteiger partial charge is 0.462 e. The topological polar surface area (TPSA) is 61.5 Å². The number of hydrogen-bond donors (Lipinski definition) is 1. The molecule has 0 saturated carbocycles. The fourth-order valence-corrected chi connectivity index (χ4v) is 1.83. The third kappa shape index (κ3) is 3.64. The zero-order valence-corrected chi connectivity index (χ0v) is 12.0. The van der Waals surface area contributed by atoms with Gasteiger partial charge in [0, 0.05) is 11.8 Å². The van der Waals surface area contributed by atoms with E-state index in [1.165, 1.54) is 30.3 Å². The van der Waals surface area contributed by atoms with Crippen LogP contribution in [0.5, 0.6) is 11.5 Å². The van der Waals surface area contributed by atoms with Crippen molar-refractivity contribution in [2.45, 2.75) is 6.92 Å². The van der Waals surface area contributed by atoms with Gasteiger partial charge in [0.1, 0.15) is 17.3 Å². The van der Waals surface area contributed by atoms with Crippen molar-refractivity contribution in [3.63, 3.8) is 0 Å². The molecule has 110 valence electrons. The minimum Gasteiger partial charge on any atom is -0.462 e. The lowest BCUT2D eigenvalue weighted by atomic mass is 10.1. The molecule has 0 spiro atoms. The lowest BCUT2D eigenvalue weighted by molar-refractivity contribution is 0.0527. The first kappa shape index (κ1) is 15.1. The van der Waals surface area contributed by atoms with Crippen LogP contribution in [0.25, 0.3) is 0 Å². The molecule has 0 saturated heterocycles. The van der Waals surface area contributed by atoms with E-state index in [1.54, 1.807) is 13.0 Å². The maximum Gasteiger partial charge on any atom is 0.340 e. The molecule has 0 aliphatic heterocycles. The fraction of sp³-hybridized carbons (Fsp3) is 0.133. The van der Waals surface area contributed by atoms with Crippen LogP contribution in [0, 0.1) is 5.82 Å². The molecule has 0 atom stereocenters. The quantitative estimate of drug-likeness (QED) is 0.684. The Labute approximate surface area is 126 Å². The van der Waals surface area contributed by atoms with E-state index in [0.717, 1.165) is 0 Å². The van der Waals surface area contributed by atoms with Crippen LogP contribution in [0.3, 0.4) is 0 Å². The molecule has 0 fully saturated rings. The van der Waals surface area contributed by atoms with Crippen molar-refractivity contribution in [3.8, 4) is 11.5 Å². The van der Waals surface area contributed by atoms with Gasteiger partial charge in [-0.2, -0.15) is 0 Å². The summed E-state index contributed by atoms with van der Waals surface area (Å²) < 4.78 is 23.5. The second-order valence-electron chi connectivity index (χ2n) is 4.15. The molecule has 0 radical (unpaired) electrons. The molecule has 0 bridgehead atoms. The van der Waals surface area contributed by atoms with Crippen LogP contribution in [-0.2, 0) is 4.74 Å². The van der Waals surface area contributed by atoms with E-state index in [0.29, 0.717) is 11.5 Å². The van der Waals surface area contributed by atoms with Gasteiger partial charge in [0.05, 0.1) is 17.2 Å². The maximum atomic E-state index is 13.1. The number of rotatable bonds is 4. The van der Waals surface area contributed by atoms with E-state index in [2.05, 4.69) is 0 Å². The number of carbonyl (C=O) groups excluding carboxylic acids is 1. The van der Waals surface area contributed by atoms with Crippen LogP contribution in [0.2, 0.25) is 5.02 Å². The molecule has 2 N–H and O–H groups in total. The van der Waals surface area contributed by atoms with Crippen molar-refractivity contribution in [1.29, 1.82) is 0 Å². The molecule has 21 heavy (non-hydrogen) atoms. The molecule has 0 aliphatic rings. The van der Waals surface area contributed by atoms with E-state index >= 15 is 0 Å². The van der Waals surface area contributed by atoms with E-state index in [-0.39, 0.29) is 22.9 Å². The van der Waals surface area contributed by atoms with E-state index in [9.17, 15) is 9.18 Å². The van der Waals surface area contributed by atoms with Crippen LogP contribution in [0.4, 0.5) is 10.1 Å². The Kier molecular flexibility index (Phi) is 4.65. The number of nitrogens with two attached hydrogens (primary N) is 1. The minimum absolute atomic E-state index is 0.0476. The van der Waals surface area contributed by atoms with Gasteiger partial charge in [-0.1, -0.05) is 11.6 Å². The van der Waals surface area contributed by atoms with Crippen molar-refractivity contribution in [1.82, 2.24) is 0 Å². The van der Waals surface area contributed by atoms with E-state index in [4.69, 9.17) is 26.8 Å². The Morgan fingerprint density at radius 2 is 1.90 bits per heavy atom. The third-order valence-corrected chi connectivity index (χ3v) is 2.94. The highest BCUT2D eigenvalue weighted by molar-refractivity contribution is 6.30. The van der Waals surface area contributed by atoms with Crippen LogP contribution in [0.15, 0.2) is 36.4 Å². The number of carbonyl (C=O) groups is 1. The minimum atomic E-state index is -0.534. The average molecular weight is 310 g/mol. The predicted octanol–water partition coefficient (Wildman–Crippen LogP) is 4.03. The summed E-state index contributed by atoms with van der Waals surface area (Å²) in [5, 5.41) is -0.0476. The second kappa shape index (κ2) is 6.45. The molecular formula is C15H13ClFNO3. The molecule has 0 amide bonds. The van der Waals surface area contributed by atoms with Gasteiger partial charge in [-0.3, -0.25) is 0 Å². The van der Waals surface area contributed by atoms with Gasteiger partial charge in [-0.05, 0) is 37.3 Å². The molecule has 0 unspecified atom stereocenters.